The van der Waals surface area contributed by atoms with Crippen molar-refractivity contribution < 1.29 is 9.90 Å². The van der Waals surface area contributed by atoms with Gasteiger partial charge in [-0.15, -0.1) is 0 Å². The molecule has 0 saturated heterocycles. The molecule has 0 spiro atoms. The topological polar surface area (TPSA) is 54.6 Å². The molecule has 22 heavy (non-hydrogen) atoms. The van der Waals surface area contributed by atoms with Crippen molar-refractivity contribution >= 4 is 22.8 Å². The van der Waals surface area contributed by atoms with E-state index in [1.54, 1.807) is 6.92 Å². The Morgan fingerprint density at radius 2 is 2.14 bits per heavy atom. The largest absolute Gasteiger partial charge is 0.395 e. The van der Waals surface area contributed by atoms with Crippen LogP contribution in [0.15, 0.2) is 23.2 Å². The minimum Gasteiger partial charge on any atom is -0.395 e. The van der Waals surface area contributed by atoms with E-state index in [1.807, 2.05) is 17.6 Å². The number of aliphatic hydroxyl groups excluding tert-OH is 1. The summed E-state index contributed by atoms with van der Waals surface area (Å²) in [6, 6.07) is 6.34. The molecule has 1 N–H and O–H groups in total. The number of carbonyl (C=O) groups excluding carboxylic acids is 1. The molecule has 0 bridgehead atoms. The highest BCUT2D eigenvalue weighted by molar-refractivity contribution is 7.11. The quantitative estimate of drug-likeness (QED) is 0.882. The minimum atomic E-state index is 0.0340. The van der Waals surface area contributed by atoms with E-state index in [2.05, 4.69) is 12.1 Å². The van der Waals surface area contributed by atoms with Crippen LogP contribution in [0.1, 0.15) is 39.8 Å². The van der Waals surface area contributed by atoms with Gasteiger partial charge in [0.15, 0.2) is 10.6 Å². The molecular weight excluding hydrogens is 296 g/mol. The van der Waals surface area contributed by atoms with Crippen LogP contribution >= 0.6 is 11.3 Å². The fourth-order valence-corrected chi connectivity index (χ4v) is 4.07. The van der Waals surface area contributed by atoms with Crippen LogP contribution in [-0.2, 0) is 19.4 Å². The molecule has 0 fully saturated rings. The van der Waals surface area contributed by atoms with E-state index < -0.39 is 0 Å². The fraction of sp³-hybridized carbons (Fsp3) is 0.412. The Morgan fingerprint density at radius 3 is 2.86 bits per heavy atom. The van der Waals surface area contributed by atoms with E-state index in [0.29, 0.717) is 11.4 Å². The number of nitrogens with zero attached hydrogens (tertiary/aromatic N) is 2. The van der Waals surface area contributed by atoms with Crippen LogP contribution < -0.4 is 4.80 Å². The number of hydrogen-bond donors (Lipinski definition) is 1. The van der Waals surface area contributed by atoms with Gasteiger partial charge < -0.3 is 9.67 Å². The molecule has 3 rings (SSSR count). The van der Waals surface area contributed by atoms with E-state index in [9.17, 15) is 9.90 Å². The third kappa shape index (κ3) is 2.78. The Morgan fingerprint density at radius 1 is 1.36 bits per heavy atom. The zero-order valence-corrected chi connectivity index (χ0v) is 13.7. The monoisotopic (exact) mass is 316 g/mol. The zero-order chi connectivity index (χ0) is 15.7. The standard InChI is InChI=1S/C17H20N2O2S/c1-11-16(12(2)21)22-17(19(11)8-9-20)18-15-7-6-13-4-3-5-14(13)10-15/h6-7,10,20H,3-5,8-9H2,1-2H3/b18-17-. The van der Waals surface area contributed by atoms with Crippen molar-refractivity contribution in [2.75, 3.05) is 6.61 Å². The molecule has 0 amide bonds. The van der Waals surface area contributed by atoms with Crippen LogP contribution in [0.3, 0.4) is 0 Å². The van der Waals surface area contributed by atoms with Gasteiger partial charge >= 0.3 is 0 Å². The highest BCUT2D eigenvalue weighted by Crippen LogP contribution is 2.26. The summed E-state index contributed by atoms with van der Waals surface area (Å²) >= 11 is 1.40. The first-order valence-corrected chi connectivity index (χ1v) is 8.40. The van der Waals surface area contributed by atoms with Gasteiger partial charge in [0.05, 0.1) is 17.2 Å². The molecule has 1 aromatic heterocycles. The predicted molar refractivity (Wildman–Crippen MR) is 87.8 cm³/mol. The van der Waals surface area contributed by atoms with Crippen molar-refractivity contribution in [2.45, 2.75) is 39.7 Å². The number of aliphatic hydroxyl groups is 1. The number of carbonyl (C=O) groups is 1. The summed E-state index contributed by atoms with van der Waals surface area (Å²) in [5.74, 6) is 0.0459. The Labute approximate surface area is 133 Å². The number of thiazole rings is 1. The van der Waals surface area contributed by atoms with E-state index in [-0.39, 0.29) is 12.4 Å². The lowest BCUT2D eigenvalue weighted by Gasteiger charge is -2.04. The second-order valence-corrected chi connectivity index (χ2v) is 6.63. The molecule has 4 nitrogen and oxygen atoms in total. The van der Waals surface area contributed by atoms with Crippen LogP contribution in [-0.4, -0.2) is 22.1 Å². The molecule has 2 aromatic rings. The number of benzene rings is 1. The molecule has 1 aliphatic rings. The summed E-state index contributed by atoms with van der Waals surface area (Å²) in [5.41, 5.74) is 4.61. The number of aryl methyl sites for hydroxylation is 2. The molecule has 0 atom stereocenters. The highest BCUT2D eigenvalue weighted by Gasteiger charge is 2.14. The third-order valence-electron chi connectivity index (χ3n) is 4.11. The lowest BCUT2D eigenvalue weighted by atomic mass is 10.1. The van der Waals surface area contributed by atoms with Gasteiger partial charge in [-0.3, -0.25) is 4.79 Å². The van der Waals surface area contributed by atoms with Gasteiger partial charge in [0.2, 0.25) is 0 Å². The van der Waals surface area contributed by atoms with Crippen molar-refractivity contribution in [3.63, 3.8) is 0 Å². The first-order valence-electron chi connectivity index (χ1n) is 7.58. The average molecular weight is 316 g/mol. The maximum absolute atomic E-state index is 11.7. The van der Waals surface area contributed by atoms with Gasteiger partial charge in [-0.05, 0) is 49.4 Å². The zero-order valence-electron chi connectivity index (χ0n) is 12.9. The second-order valence-electron chi connectivity index (χ2n) is 5.65. The fourth-order valence-electron chi connectivity index (χ4n) is 3.00. The van der Waals surface area contributed by atoms with Crippen LogP contribution in [0.5, 0.6) is 0 Å². The lowest BCUT2D eigenvalue weighted by molar-refractivity contribution is 0.102. The van der Waals surface area contributed by atoms with Crippen LogP contribution in [0, 0.1) is 6.92 Å². The SMILES string of the molecule is CC(=O)c1s/c(=N\c2ccc3c(c2)CCC3)n(CCO)c1C. The number of hydrogen-bond acceptors (Lipinski definition) is 4. The summed E-state index contributed by atoms with van der Waals surface area (Å²) in [6.45, 7) is 3.97. The van der Waals surface area contributed by atoms with Crippen LogP contribution in [0.2, 0.25) is 0 Å². The Bertz CT molecular complexity index is 786. The van der Waals surface area contributed by atoms with Gasteiger partial charge in [-0.2, -0.15) is 0 Å². The normalized spacial score (nSPS) is 14.4. The van der Waals surface area contributed by atoms with Crippen molar-refractivity contribution in [1.29, 1.82) is 0 Å². The summed E-state index contributed by atoms with van der Waals surface area (Å²) in [4.78, 5) is 17.9. The van der Waals surface area contributed by atoms with Gasteiger partial charge in [0.25, 0.3) is 0 Å². The Balaban J connectivity index is 2.10. The highest BCUT2D eigenvalue weighted by atomic mass is 32.1. The summed E-state index contributed by atoms with van der Waals surface area (Å²) in [7, 11) is 0. The Hall–Kier alpha value is -1.72. The lowest BCUT2D eigenvalue weighted by Crippen LogP contribution is -2.18. The van der Waals surface area contributed by atoms with Gasteiger partial charge in [0.1, 0.15) is 0 Å². The van der Waals surface area contributed by atoms with Gasteiger partial charge in [0, 0.05) is 19.2 Å². The van der Waals surface area contributed by atoms with E-state index in [4.69, 9.17) is 4.99 Å². The molecular formula is C17H20N2O2S. The van der Waals surface area contributed by atoms with Crippen molar-refractivity contribution in [3.05, 3.63) is 44.7 Å². The number of fused-ring (bicyclic) bond motifs is 1. The summed E-state index contributed by atoms with van der Waals surface area (Å²) in [5, 5.41) is 9.27. The average Bonchev–Trinajstić information content (AvgIpc) is 3.06. The first kappa shape index (κ1) is 15.2. The maximum atomic E-state index is 11.7. The van der Waals surface area contributed by atoms with Crippen molar-refractivity contribution in [2.24, 2.45) is 4.99 Å². The van der Waals surface area contributed by atoms with Gasteiger partial charge in [-0.25, -0.2) is 4.99 Å². The Kier molecular flexibility index (Phi) is 4.27. The van der Waals surface area contributed by atoms with Crippen LogP contribution in [0.4, 0.5) is 5.69 Å². The second kappa shape index (κ2) is 6.18. The molecule has 0 saturated carbocycles. The van der Waals surface area contributed by atoms with E-state index >= 15 is 0 Å². The van der Waals surface area contributed by atoms with E-state index in [1.165, 1.54) is 28.9 Å². The third-order valence-corrected chi connectivity index (χ3v) is 5.39. The molecule has 0 radical (unpaired) electrons. The molecule has 0 unspecified atom stereocenters. The number of Topliss-reactive ketones (excluding diaryl/α,β-unsaturated/α-hetero) is 1. The molecule has 0 aliphatic heterocycles. The number of rotatable bonds is 4. The van der Waals surface area contributed by atoms with Gasteiger partial charge in [-0.1, -0.05) is 17.4 Å². The van der Waals surface area contributed by atoms with E-state index in [0.717, 1.165) is 29.0 Å². The summed E-state index contributed by atoms with van der Waals surface area (Å²) in [6.07, 6.45) is 3.50. The number of aromatic nitrogens is 1. The number of ketones is 1. The van der Waals surface area contributed by atoms with Crippen LogP contribution in [0.25, 0.3) is 0 Å². The maximum Gasteiger partial charge on any atom is 0.190 e. The molecule has 1 aliphatic carbocycles. The first-order chi connectivity index (χ1) is 10.6. The van der Waals surface area contributed by atoms with Crippen molar-refractivity contribution in [3.8, 4) is 0 Å². The molecule has 116 valence electrons. The predicted octanol–water partition coefficient (Wildman–Crippen LogP) is 2.77. The minimum absolute atomic E-state index is 0.0340. The summed E-state index contributed by atoms with van der Waals surface area (Å²) < 4.78 is 1.93. The molecule has 5 heteroatoms. The molecule has 1 aromatic carbocycles. The molecule has 1 heterocycles. The van der Waals surface area contributed by atoms with Crippen molar-refractivity contribution in [1.82, 2.24) is 4.57 Å². The smallest absolute Gasteiger partial charge is 0.190 e.